The van der Waals surface area contributed by atoms with Crippen LogP contribution in [0.4, 0.5) is 0 Å². The summed E-state index contributed by atoms with van der Waals surface area (Å²) in [4.78, 5) is 0. The van der Waals surface area contributed by atoms with E-state index in [1.54, 1.807) is 0 Å². The van der Waals surface area contributed by atoms with Gasteiger partial charge in [-0.25, -0.2) is 0 Å². The van der Waals surface area contributed by atoms with Crippen molar-refractivity contribution in [3.63, 3.8) is 0 Å². The Morgan fingerprint density at radius 1 is 1.58 bits per heavy atom. The molecule has 0 bridgehead atoms. The molecule has 108 valence electrons. The van der Waals surface area contributed by atoms with Crippen LogP contribution in [-0.2, 0) is 17.7 Å². The van der Waals surface area contributed by atoms with E-state index in [0.29, 0.717) is 17.5 Å². The molecule has 2 unspecified atom stereocenters. The number of aliphatic hydroxyl groups excluding tert-OH is 1. The lowest BCUT2D eigenvalue weighted by atomic mass is 10.0. The quantitative estimate of drug-likeness (QED) is 0.875. The maximum atomic E-state index is 10.2. The van der Waals surface area contributed by atoms with E-state index in [1.807, 2.05) is 18.5 Å². The molecule has 2 rings (SSSR count). The van der Waals surface area contributed by atoms with E-state index < -0.39 is 0 Å². The van der Waals surface area contributed by atoms with Gasteiger partial charge in [0.25, 0.3) is 0 Å². The molecule has 0 aliphatic carbocycles. The van der Waals surface area contributed by atoms with Crippen molar-refractivity contribution in [1.82, 2.24) is 9.78 Å². The van der Waals surface area contributed by atoms with E-state index in [2.05, 4.69) is 5.10 Å². The maximum absolute atomic E-state index is 10.2. The van der Waals surface area contributed by atoms with E-state index >= 15 is 0 Å². The summed E-state index contributed by atoms with van der Waals surface area (Å²) >= 11 is 6.24. The van der Waals surface area contributed by atoms with Crippen LogP contribution >= 0.6 is 11.6 Å². The van der Waals surface area contributed by atoms with Gasteiger partial charge in [-0.1, -0.05) is 11.6 Å². The predicted molar refractivity (Wildman–Crippen MR) is 75.6 cm³/mol. The van der Waals surface area contributed by atoms with Gasteiger partial charge >= 0.3 is 0 Å². The third kappa shape index (κ3) is 3.71. The zero-order chi connectivity index (χ0) is 13.8. The van der Waals surface area contributed by atoms with E-state index in [4.69, 9.17) is 16.3 Å². The largest absolute Gasteiger partial charge is 0.393 e. The fourth-order valence-corrected chi connectivity index (χ4v) is 2.85. The van der Waals surface area contributed by atoms with E-state index in [0.717, 1.165) is 50.2 Å². The predicted octanol–water partition coefficient (Wildman–Crippen LogP) is 2.73. The fraction of sp³-hybridized carbons (Fsp3) is 0.786. The molecule has 1 aromatic heterocycles. The first-order valence-electron chi connectivity index (χ1n) is 7.13. The molecule has 1 aromatic rings. The van der Waals surface area contributed by atoms with Crippen LogP contribution in [0.5, 0.6) is 0 Å². The smallest absolute Gasteiger partial charge is 0.0848 e. The van der Waals surface area contributed by atoms with Crippen LogP contribution in [0.15, 0.2) is 0 Å². The molecule has 19 heavy (non-hydrogen) atoms. The molecule has 1 saturated heterocycles. The minimum absolute atomic E-state index is 0.336. The van der Waals surface area contributed by atoms with Crippen LogP contribution in [0.1, 0.15) is 44.0 Å². The van der Waals surface area contributed by atoms with Crippen molar-refractivity contribution >= 4 is 11.6 Å². The highest BCUT2D eigenvalue weighted by molar-refractivity contribution is 6.31. The number of halogens is 1. The minimum Gasteiger partial charge on any atom is -0.393 e. The van der Waals surface area contributed by atoms with Crippen LogP contribution in [0.25, 0.3) is 0 Å². The molecule has 0 spiro atoms. The number of hydrogen-bond acceptors (Lipinski definition) is 3. The Hall–Kier alpha value is -0.580. The molecule has 0 amide bonds. The van der Waals surface area contributed by atoms with Crippen LogP contribution < -0.4 is 0 Å². The van der Waals surface area contributed by atoms with Gasteiger partial charge in [-0.2, -0.15) is 5.10 Å². The summed E-state index contributed by atoms with van der Waals surface area (Å²) in [6.45, 7) is 5.58. The molecular formula is C14H23ClN2O2. The van der Waals surface area contributed by atoms with Crippen molar-refractivity contribution in [3.05, 3.63) is 16.4 Å². The zero-order valence-corrected chi connectivity index (χ0v) is 12.5. The molecule has 0 saturated carbocycles. The molecular weight excluding hydrogens is 264 g/mol. The summed E-state index contributed by atoms with van der Waals surface area (Å²) in [7, 11) is 0. The van der Waals surface area contributed by atoms with Gasteiger partial charge in [0.1, 0.15) is 0 Å². The molecule has 1 fully saturated rings. The Labute approximate surface area is 119 Å². The molecule has 4 nitrogen and oxygen atoms in total. The summed E-state index contributed by atoms with van der Waals surface area (Å²) in [5.74, 6) is 0. The second kappa shape index (κ2) is 6.73. The topological polar surface area (TPSA) is 47.3 Å². The Balaban J connectivity index is 1.88. The Morgan fingerprint density at radius 3 is 3.00 bits per heavy atom. The first-order valence-corrected chi connectivity index (χ1v) is 7.51. The summed E-state index contributed by atoms with van der Waals surface area (Å²) in [5, 5.41) is 15.2. The Morgan fingerprint density at radius 2 is 2.37 bits per heavy atom. The van der Waals surface area contributed by atoms with Gasteiger partial charge in [-0.3, -0.25) is 4.68 Å². The average molecular weight is 287 g/mol. The molecule has 0 aromatic carbocycles. The van der Waals surface area contributed by atoms with Crippen LogP contribution in [-0.4, -0.2) is 33.7 Å². The lowest BCUT2D eigenvalue weighted by molar-refractivity contribution is 0.0808. The third-order valence-electron chi connectivity index (χ3n) is 3.73. The number of rotatable bonds is 6. The molecule has 2 atom stereocenters. The number of aliphatic hydroxyl groups is 1. The van der Waals surface area contributed by atoms with Crippen molar-refractivity contribution < 1.29 is 9.84 Å². The van der Waals surface area contributed by atoms with Crippen molar-refractivity contribution in [2.45, 2.75) is 64.7 Å². The molecule has 1 aliphatic rings. The number of hydrogen-bond donors (Lipinski definition) is 1. The molecule has 5 heteroatoms. The van der Waals surface area contributed by atoms with E-state index in [1.165, 1.54) is 0 Å². The average Bonchev–Trinajstić information content (AvgIpc) is 3.00. The summed E-state index contributed by atoms with van der Waals surface area (Å²) in [6, 6.07) is 0. The first kappa shape index (κ1) is 14.8. The molecule has 1 N–H and O–H groups in total. The second-order valence-corrected chi connectivity index (χ2v) is 5.61. The van der Waals surface area contributed by atoms with Crippen molar-refractivity contribution in [1.29, 1.82) is 0 Å². The van der Waals surface area contributed by atoms with E-state index in [-0.39, 0.29) is 6.10 Å². The van der Waals surface area contributed by atoms with Gasteiger partial charge in [0.2, 0.25) is 0 Å². The van der Waals surface area contributed by atoms with Crippen molar-refractivity contribution in [2.24, 2.45) is 0 Å². The van der Waals surface area contributed by atoms with E-state index in [9.17, 15) is 5.11 Å². The van der Waals surface area contributed by atoms with Gasteiger partial charge in [0.15, 0.2) is 0 Å². The Bertz CT molecular complexity index is 414. The van der Waals surface area contributed by atoms with Gasteiger partial charge in [0.05, 0.1) is 28.6 Å². The first-order chi connectivity index (χ1) is 9.11. The van der Waals surface area contributed by atoms with Gasteiger partial charge < -0.3 is 9.84 Å². The second-order valence-electron chi connectivity index (χ2n) is 5.23. The number of ether oxygens (including phenoxy) is 1. The summed E-state index contributed by atoms with van der Waals surface area (Å²) < 4.78 is 7.45. The SMILES string of the molecule is CCn1nc(C)c(Cl)c1CC(O)CCC1CCCO1. The van der Waals surface area contributed by atoms with Crippen molar-refractivity contribution in [2.75, 3.05) is 6.61 Å². The normalized spacial score (nSPS) is 20.9. The number of nitrogens with zero attached hydrogens (tertiary/aromatic N) is 2. The molecule has 1 aliphatic heterocycles. The number of aromatic nitrogens is 2. The fourth-order valence-electron chi connectivity index (χ4n) is 2.64. The van der Waals surface area contributed by atoms with Gasteiger partial charge in [-0.05, 0) is 39.5 Å². The zero-order valence-electron chi connectivity index (χ0n) is 11.7. The lowest BCUT2D eigenvalue weighted by Gasteiger charge is -2.14. The van der Waals surface area contributed by atoms with Crippen LogP contribution in [0.2, 0.25) is 5.02 Å². The van der Waals surface area contributed by atoms with Crippen LogP contribution in [0, 0.1) is 6.92 Å². The van der Waals surface area contributed by atoms with Crippen molar-refractivity contribution in [3.8, 4) is 0 Å². The Kier molecular flexibility index (Phi) is 5.25. The molecule has 0 radical (unpaired) electrons. The standard InChI is InChI=1S/C14H23ClN2O2/c1-3-17-13(14(15)10(2)16-17)9-11(18)6-7-12-5-4-8-19-12/h11-12,18H,3-9H2,1-2H3. The molecule has 2 heterocycles. The maximum Gasteiger partial charge on any atom is 0.0848 e. The lowest BCUT2D eigenvalue weighted by Crippen LogP contribution is -2.17. The van der Waals surface area contributed by atoms with Gasteiger partial charge in [-0.15, -0.1) is 0 Å². The monoisotopic (exact) mass is 286 g/mol. The highest BCUT2D eigenvalue weighted by Crippen LogP contribution is 2.24. The summed E-state index contributed by atoms with van der Waals surface area (Å²) in [6.07, 6.45) is 4.49. The summed E-state index contributed by atoms with van der Waals surface area (Å²) in [5.41, 5.74) is 1.78. The highest BCUT2D eigenvalue weighted by atomic mass is 35.5. The third-order valence-corrected chi connectivity index (χ3v) is 4.22. The highest BCUT2D eigenvalue weighted by Gasteiger charge is 2.20. The van der Waals surface area contributed by atoms with Crippen LogP contribution in [0.3, 0.4) is 0 Å². The minimum atomic E-state index is -0.372. The number of aryl methyl sites for hydroxylation is 2. The van der Waals surface area contributed by atoms with Gasteiger partial charge in [0, 0.05) is 19.6 Å².